The second kappa shape index (κ2) is 10.0. The van der Waals surface area contributed by atoms with Gasteiger partial charge in [-0.15, -0.1) is 0 Å². The van der Waals surface area contributed by atoms with Crippen molar-refractivity contribution in [1.29, 1.82) is 0 Å². The van der Waals surface area contributed by atoms with Crippen LogP contribution in [0.2, 0.25) is 0 Å². The number of hydrogen-bond acceptors (Lipinski definition) is 4. The summed E-state index contributed by atoms with van der Waals surface area (Å²) >= 11 is 0. The van der Waals surface area contributed by atoms with Crippen molar-refractivity contribution in [3.63, 3.8) is 0 Å². The summed E-state index contributed by atoms with van der Waals surface area (Å²) in [6.45, 7) is 2.68. The zero-order chi connectivity index (χ0) is 22.3. The fourth-order valence-corrected chi connectivity index (χ4v) is 3.46. The highest BCUT2D eigenvalue weighted by Crippen LogP contribution is 2.30. The molecule has 6 nitrogen and oxygen atoms in total. The maximum atomic E-state index is 12.4. The van der Waals surface area contributed by atoms with E-state index in [1.54, 1.807) is 12.1 Å². The first kappa shape index (κ1) is 21.4. The number of rotatable bonds is 7. The molecule has 0 fully saturated rings. The van der Waals surface area contributed by atoms with Gasteiger partial charge in [-0.2, -0.15) is 0 Å². The number of ether oxygens (including phenoxy) is 2. The Hall–Kier alpha value is -3.80. The molecule has 1 aliphatic rings. The number of nitrogens with one attached hydrogen (secondary N) is 2. The van der Waals surface area contributed by atoms with Gasteiger partial charge in [0.1, 0.15) is 12.7 Å². The first-order valence-corrected chi connectivity index (χ1v) is 10.7. The van der Waals surface area contributed by atoms with Gasteiger partial charge in [0.25, 0.3) is 5.91 Å². The van der Waals surface area contributed by atoms with Gasteiger partial charge in [-0.3, -0.25) is 9.59 Å². The van der Waals surface area contributed by atoms with Crippen molar-refractivity contribution in [2.45, 2.75) is 19.4 Å². The van der Waals surface area contributed by atoms with Crippen molar-refractivity contribution >= 4 is 11.8 Å². The van der Waals surface area contributed by atoms with Crippen LogP contribution in [-0.2, 0) is 11.2 Å². The Morgan fingerprint density at radius 1 is 0.875 bits per heavy atom. The predicted octanol–water partition coefficient (Wildman–Crippen LogP) is 3.60. The van der Waals surface area contributed by atoms with E-state index in [-0.39, 0.29) is 24.5 Å². The van der Waals surface area contributed by atoms with Crippen molar-refractivity contribution in [3.8, 4) is 22.6 Å². The van der Waals surface area contributed by atoms with Crippen molar-refractivity contribution in [2.75, 3.05) is 19.7 Å². The Labute approximate surface area is 187 Å². The largest absolute Gasteiger partial charge is 0.486 e. The molecule has 0 saturated heterocycles. The molecule has 32 heavy (non-hydrogen) atoms. The maximum absolute atomic E-state index is 12.4. The van der Waals surface area contributed by atoms with E-state index in [0.717, 1.165) is 17.5 Å². The van der Waals surface area contributed by atoms with Crippen LogP contribution < -0.4 is 20.1 Å². The molecule has 0 aliphatic carbocycles. The molecule has 0 saturated carbocycles. The lowest BCUT2D eigenvalue weighted by Crippen LogP contribution is -2.44. The predicted molar refractivity (Wildman–Crippen MR) is 123 cm³/mol. The molecule has 6 heteroatoms. The molecule has 2 amide bonds. The third kappa shape index (κ3) is 5.27. The molecule has 1 aliphatic heterocycles. The highest BCUT2D eigenvalue weighted by molar-refractivity contribution is 5.96. The average Bonchev–Trinajstić information content (AvgIpc) is 2.86. The molecule has 0 radical (unpaired) electrons. The molecule has 1 heterocycles. The minimum atomic E-state index is -0.292. The van der Waals surface area contributed by atoms with Gasteiger partial charge in [-0.25, -0.2) is 0 Å². The van der Waals surface area contributed by atoms with Gasteiger partial charge in [0, 0.05) is 5.56 Å². The lowest BCUT2D eigenvalue weighted by molar-refractivity contribution is -0.120. The highest BCUT2D eigenvalue weighted by atomic mass is 16.6. The number of hydrogen-bond donors (Lipinski definition) is 2. The van der Waals surface area contributed by atoms with Crippen LogP contribution in [0.5, 0.6) is 11.5 Å². The van der Waals surface area contributed by atoms with Crippen molar-refractivity contribution in [3.05, 3.63) is 83.9 Å². The number of fused-ring (bicyclic) bond motifs is 1. The SMILES string of the molecule is CCc1ccc(-c2ccc(C(=O)NCC(=O)NCC3COc4ccccc4O3)cc2)cc1. The second-order valence-corrected chi connectivity index (χ2v) is 7.61. The summed E-state index contributed by atoms with van der Waals surface area (Å²) in [5.41, 5.74) is 3.94. The van der Waals surface area contributed by atoms with Gasteiger partial charge in [-0.1, -0.05) is 55.5 Å². The summed E-state index contributed by atoms with van der Waals surface area (Å²) in [6.07, 6.45) is 0.728. The topological polar surface area (TPSA) is 76.7 Å². The second-order valence-electron chi connectivity index (χ2n) is 7.61. The van der Waals surface area contributed by atoms with Crippen LogP contribution in [0.1, 0.15) is 22.8 Å². The Bertz CT molecular complexity index is 1080. The average molecular weight is 431 g/mol. The molecule has 2 N–H and O–H groups in total. The normalized spacial score (nSPS) is 14.5. The third-order valence-corrected chi connectivity index (χ3v) is 5.35. The van der Waals surface area contributed by atoms with E-state index in [0.29, 0.717) is 30.2 Å². The summed E-state index contributed by atoms with van der Waals surface area (Å²) < 4.78 is 11.4. The Kier molecular flexibility index (Phi) is 6.70. The monoisotopic (exact) mass is 430 g/mol. The van der Waals surface area contributed by atoms with Crippen molar-refractivity contribution in [2.24, 2.45) is 0 Å². The molecular formula is C26H26N2O4. The van der Waals surface area contributed by atoms with Crippen LogP contribution in [0.15, 0.2) is 72.8 Å². The van der Waals surface area contributed by atoms with E-state index in [1.807, 2.05) is 36.4 Å². The van der Waals surface area contributed by atoms with E-state index in [2.05, 4.69) is 41.8 Å². The zero-order valence-electron chi connectivity index (χ0n) is 18.0. The van der Waals surface area contributed by atoms with Gasteiger partial charge < -0.3 is 20.1 Å². The molecule has 1 atom stereocenters. The molecule has 0 aromatic heterocycles. The van der Waals surface area contributed by atoms with Crippen LogP contribution in [-0.4, -0.2) is 37.6 Å². The Balaban J connectivity index is 1.23. The number of para-hydroxylation sites is 2. The van der Waals surface area contributed by atoms with Crippen molar-refractivity contribution < 1.29 is 19.1 Å². The van der Waals surface area contributed by atoms with Gasteiger partial charge >= 0.3 is 0 Å². The number of carbonyl (C=O) groups is 2. The molecule has 3 aromatic carbocycles. The summed E-state index contributed by atoms with van der Waals surface area (Å²) in [4.78, 5) is 24.5. The lowest BCUT2D eigenvalue weighted by atomic mass is 10.0. The Morgan fingerprint density at radius 3 is 2.22 bits per heavy atom. The smallest absolute Gasteiger partial charge is 0.251 e. The van der Waals surface area contributed by atoms with Gasteiger partial charge in [0.05, 0.1) is 13.1 Å². The highest BCUT2D eigenvalue weighted by Gasteiger charge is 2.21. The third-order valence-electron chi connectivity index (χ3n) is 5.35. The summed E-state index contributed by atoms with van der Waals surface area (Å²) in [6, 6.07) is 23.1. The van der Waals surface area contributed by atoms with Gasteiger partial charge in [0.2, 0.25) is 5.91 Å². The molecule has 1 unspecified atom stereocenters. The van der Waals surface area contributed by atoms with Crippen LogP contribution in [0.25, 0.3) is 11.1 Å². The van der Waals surface area contributed by atoms with Crippen molar-refractivity contribution in [1.82, 2.24) is 10.6 Å². The molecule has 164 valence electrons. The van der Waals surface area contributed by atoms with Gasteiger partial charge in [0.15, 0.2) is 11.5 Å². The fourth-order valence-electron chi connectivity index (χ4n) is 3.46. The molecule has 0 bridgehead atoms. The van der Waals surface area contributed by atoms with Crippen LogP contribution in [0.3, 0.4) is 0 Å². The Morgan fingerprint density at radius 2 is 1.53 bits per heavy atom. The molecule has 3 aromatic rings. The summed E-state index contributed by atoms with van der Waals surface area (Å²) in [5, 5.41) is 5.42. The fraction of sp³-hybridized carbons (Fsp3) is 0.231. The van der Waals surface area contributed by atoms with Crippen LogP contribution in [0, 0.1) is 0 Å². The maximum Gasteiger partial charge on any atom is 0.251 e. The first-order valence-electron chi connectivity index (χ1n) is 10.7. The molecule has 0 spiro atoms. The van der Waals surface area contributed by atoms with E-state index in [1.165, 1.54) is 5.56 Å². The molecular weight excluding hydrogens is 404 g/mol. The number of aryl methyl sites for hydroxylation is 1. The number of benzene rings is 3. The van der Waals surface area contributed by atoms with E-state index in [4.69, 9.17) is 9.47 Å². The van der Waals surface area contributed by atoms with Crippen LogP contribution >= 0.6 is 0 Å². The minimum absolute atomic E-state index is 0.108. The van der Waals surface area contributed by atoms with E-state index in [9.17, 15) is 9.59 Å². The van der Waals surface area contributed by atoms with E-state index < -0.39 is 0 Å². The van der Waals surface area contributed by atoms with Crippen LogP contribution in [0.4, 0.5) is 0 Å². The summed E-state index contributed by atoms with van der Waals surface area (Å²) in [7, 11) is 0. The number of carbonyl (C=O) groups excluding carboxylic acids is 2. The van der Waals surface area contributed by atoms with E-state index >= 15 is 0 Å². The van der Waals surface area contributed by atoms with Gasteiger partial charge in [-0.05, 0) is 47.4 Å². The number of amides is 2. The minimum Gasteiger partial charge on any atom is -0.486 e. The molecule has 4 rings (SSSR count). The standard InChI is InChI=1S/C26H26N2O4/c1-2-18-7-9-19(10-8-18)20-11-13-21(14-12-20)26(30)28-16-25(29)27-15-22-17-31-23-5-3-4-6-24(23)32-22/h3-14,22H,2,15-17H2,1H3,(H,27,29)(H,28,30). The quantitative estimate of drug-likeness (QED) is 0.601. The summed E-state index contributed by atoms with van der Waals surface area (Å²) in [5.74, 6) is 0.787. The zero-order valence-corrected chi connectivity index (χ0v) is 18.0. The lowest BCUT2D eigenvalue weighted by Gasteiger charge is -2.26. The first-order chi connectivity index (χ1) is 15.6.